The van der Waals surface area contributed by atoms with Crippen LogP contribution in [0.5, 0.6) is 0 Å². The van der Waals surface area contributed by atoms with Gasteiger partial charge in [-0.05, 0) is 41.0 Å². The van der Waals surface area contributed by atoms with Crippen LogP contribution in [-0.2, 0) is 16.0 Å². The number of nitrogens with zero attached hydrogens (tertiary/aromatic N) is 2. The molecule has 0 amide bonds. The number of fused-ring (bicyclic) bond motifs is 1. The summed E-state index contributed by atoms with van der Waals surface area (Å²) in [5.41, 5.74) is 4.10. The summed E-state index contributed by atoms with van der Waals surface area (Å²) in [6, 6.07) is 15.7. The van der Waals surface area contributed by atoms with E-state index in [1.54, 1.807) is 18.2 Å². The summed E-state index contributed by atoms with van der Waals surface area (Å²) >= 11 is 0. The summed E-state index contributed by atoms with van der Waals surface area (Å²) in [5.74, 6) is -2.98. The monoisotopic (exact) mass is 537 g/mol. The van der Waals surface area contributed by atoms with Crippen molar-refractivity contribution in [3.63, 3.8) is 0 Å². The molecule has 0 radical (unpaired) electrons. The lowest BCUT2D eigenvalue weighted by Gasteiger charge is -2.49. The van der Waals surface area contributed by atoms with Gasteiger partial charge < -0.3 is 15.6 Å². The zero-order valence-corrected chi connectivity index (χ0v) is 19.8. The number of alkyl halides is 6. The lowest BCUT2D eigenvalue weighted by atomic mass is 9.67. The number of nitriles is 1. The quantitative estimate of drug-likeness (QED) is 0.525. The Kier molecular flexibility index (Phi) is 7.74. The van der Waals surface area contributed by atoms with Gasteiger partial charge in [-0.2, -0.15) is 31.6 Å². The highest BCUT2D eigenvalue weighted by atomic mass is 19.4. The maximum absolute atomic E-state index is 14.8. The maximum atomic E-state index is 14.8. The normalized spacial score (nSPS) is 22.7. The van der Waals surface area contributed by atoms with Crippen molar-refractivity contribution in [2.75, 3.05) is 7.11 Å². The van der Waals surface area contributed by atoms with Gasteiger partial charge in [0.05, 0.1) is 11.6 Å². The number of aliphatic imine (C=N–C) groups is 1. The standard InChI is InChI=1S/C24H20F3N3O.C2HF3O2/c1-31-22(11-5-8-18(13-22)17-6-3-2-4-7-17)23(24(25,26)27)14-19-12-16(15-28)9-10-20(19)21(29)30-23;3-2(4,5)1(6)7/h2-12H,13-14H2,1H3,(H2,29,30);(H,6,7). The Morgan fingerprint density at radius 2 is 1.74 bits per heavy atom. The fourth-order valence-corrected chi connectivity index (χ4v) is 4.45. The summed E-state index contributed by atoms with van der Waals surface area (Å²) in [4.78, 5) is 13.0. The van der Waals surface area contributed by atoms with Gasteiger partial charge in [-0.3, -0.25) is 0 Å². The van der Waals surface area contributed by atoms with E-state index in [1.165, 1.54) is 25.3 Å². The van der Waals surface area contributed by atoms with Gasteiger partial charge in [0, 0.05) is 25.5 Å². The van der Waals surface area contributed by atoms with Crippen molar-refractivity contribution >= 4 is 17.4 Å². The van der Waals surface area contributed by atoms with Crippen LogP contribution in [0.15, 0.2) is 71.8 Å². The second-order valence-electron chi connectivity index (χ2n) is 8.51. The molecule has 2 aromatic carbocycles. The van der Waals surface area contributed by atoms with Crippen LogP contribution in [0.4, 0.5) is 26.3 Å². The SMILES string of the molecule is COC1(C2(C(F)(F)F)Cc3cc(C#N)ccc3C(N)=N2)C=CC=C(c2ccccc2)C1.O=C(O)C(F)(F)F. The van der Waals surface area contributed by atoms with Crippen molar-refractivity contribution < 1.29 is 41.0 Å². The molecule has 1 aliphatic carbocycles. The third-order valence-electron chi connectivity index (χ3n) is 6.30. The van der Waals surface area contributed by atoms with Crippen LogP contribution in [0.1, 0.15) is 28.7 Å². The smallest absolute Gasteiger partial charge is 0.475 e. The maximum Gasteiger partial charge on any atom is 0.490 e. The number of benzene rings is 2. The molecule has 12 heteroatoms. The number of halogens is 6. The van der Waals surface area contributed by atoms with Gasteiger partial charge in [0.15, 0.2) is 5.54 Å². The number of carbonyl (C=O) groups is 1. The molecule has 0 spiro atoms. The lowest BCUT2D eigenvalue weighted by molar-refractivity contribution is -0.233. The fraction of sp³-hybridized carbons (Fsp3) is 0.269. The third-order valence-corrected chi connectivity index (χ3v) is 6.30. The Balaban J connectivity index is 0.000000505. The number of rotatable bonds is 3. The molecule has 200 valence electrons. The van der Waals surface area contributed by atoms with Crippen LogP contribution in [0.25, 0.3) is 5.57 Å². The van der Waals surface area contributed by atoms with Crippen LogP contribution < -0.4 is 5.73 Å². The number of allylic oxidation sites excluding steroid dienone is 2. The van der Waals surface area contributed by atoms with Crippen LogP contribution in [-0.4, -0.2) is 47.5 Å². The van der Waals surface area contributed by atoms with E-state index in [1.807, 2.05) is 36.4 Å². The van der Waals surface area contributed by atoms with Crippen molar-refractivity contribution in [2.45, 2.75) is 36.3 Å². The number of ether oxygens (including phenoxy) is 1. The van der Waals surface area contributed by atoms with Crippen molar-refractivity contribution in [1.29, 1.82) is 5.26 Å². The number of hydrogen-bond acceptors (Lipinski definition) is 5. The van der Waals surface area contributed by atoms with Gasteiger partial charge in [0.25, 0.3) is 0 Å². The minimum atomic E-state index is -5.08. The fourth-order valence-electron chi connectivity index (χ4n) is 4.45. The summed E-state index contributed by atoms with van der Waals surface area (Å²) in [5, 5.41) is 16.3. The Hall–Kier alpha value is -4.11. The predicted molar refractivity (Wildman–Crippen MR) is 126 cm³/mol. The van der Waals surface area contributed by atoms with Gasteiger partial charge in [-0.15, -0.1) is 0 Å². The van der Waals surface area contributed by atoms with Crippen LogP contribution in [0.3, 0.4) is 0 Å². The molecule has 0 bridgehead atoms. The first-order valence-electron chi connectivity index (χ1n) is 10.9. The molecule has 3 N–H and O–H groups in total. The molecule has 38 heavy (non-hydrogen) atoms. The third kappa shape index (κ3) is 5.28. The van der Waals surface area contributed by atoms with Gasteiger partial charge in [-0.25, -0.2) is 9.79 Å². The summed E-state index contributed by atoms with van der Waals surface area (Å²) in [6.07, 6.45) is -5.58. The van der Waals surface area contributed by atoms with Gasteiger partial charge >= 0.3 is 18.3 Å². The highest BCUT2D eigenvalue weighted by Gasteiger charge is 2.68. The van der Waals surface area contributed by atoms with Crippen LogP contribution >= 0.6 is 0 Å². The molecule has 2 atom stereocenters. The van der Waals surface area contributed by atoms with Crippen molar-refractivity contribution in [3.05, 3.63) is 89.0 Å². The topological polar surface area (TPSA) is 109 Å². The highest BCUT2D eigenvalue weighted by Crippen LogP contribution is 2.53. The van der Waals surface area contributed by atoms with E-state index in [0.717, 1.165) is 5.56 Å². The van der Waals surface area contributed by atoms with Crippen molar-refractivity contribution in [2.24, 2.45) is 10.7 Å². The Labute approximate surface area is 213 Å². The first-order valence-corrected chi connectivity index (χ1v) is 10.9. The second-order valence-corrected chi connectivity index (χ2v) is 8.51. The van der Waals surface area contributed by atoms with Crippen LogP contribution in [0.2, 0.25) is 0 Å². The van der Waals surface area contributed by atoms with E-state index in [2.05, 4.69) is 4.99 Å². The molecule has 1 heterocycles. The molecule has 0 saturated heterocycles. The Morgan fingerprint density at radius 1 is 1.11 bits per heavy atom. The summed E-state index contributed by atoms with van der Waals surface area (Å²) < 4.78 is 81.9. The van der Waals surface area contributed by atoms with Crippen LogP contribution in [0, 0.1) is 11.3 Å². The van der Waals surface area contributed by atoms with Crippen molar-refractivity contribution in [3.8, 4) is 6.07 Å². The summed E-state index contributed by atoms with van der Waals surface area (Å²) in [6.45, 7) is 0. The molecule has 1 aliphatic heterocycles. The zero-order chi connectivity index (χ0) is 28.4. The number of nitrogens with two attached hydrogens (primary N) is 1. The molecular weight excluding hydrogens is 516 g/mol. The predicted octanol–water partition coefficient (Wildman–Crippen LogP) is 5.18. The number of aliphatic carboxylic acids is 1. The molecule has 4 rings (SSSR count). The van der Waals surface area contributed by atoms with E-state index in [4.69, 9.17) is 20.4 Å². The number of methoxy groups -OCH3 is 1. The molecule has 2 unspecified atom stereocenters. The van der Waals surface area contributed by atoms with Gasteiger partial charge in [-0.1, -0.05) is 42.5 Å². The average molecular weight is 537 g/mol. The van der Waals surface area contributed by atoms with E-state index in [9.17, 15) is 31.6 Å². The number of amidine groups is 1. The number of carboxylic acid groups (broad SMARTS) is 1. The first kappa shape index (κ1) is 28.5. The van der Waals surface area contributed by atoms with Gasteiger partial charge in [0.2, 0.25) is 0 Å². The lowest BCUT2D eigenvalue weighted by Crippen LogP contribution is -2.65. The number of hydrogen-bond donors (Lipinski definition) is 2. The molecule has 2 aliphatic rings. The Bertz CT molecular complexity index is 1340. The van der Waals surface area contributed by atoms with Gasteiger partial charge in [0.1, 0.15) is 11.4 Å². The van der Waals surface area contributed by atoms with E-state index in [0.29, 0.717) is 16.7 Å². The minimum Gasteiger partial charge on any atom is -0.475 e. The van der Waals surface area contributed by atoms with E-state index in [-0.39, 0.29) is 17.8 Å². The Morgan fingerprint density at radius 3 is 2.26 bits per heavy atom. The minimum absolute atomic E-state index is 0.0341. The summed E-state index contributed by atoms with van der Waals surface area (Å²) in [7, 11) is 1.26. The molecule has 6 nitrogen and oxygen atoms in total. The highest BCUT2D eigenvalue weighted by molar-refractivity contribution is 6.00. The van der Waals surface area contributed by atoms with E-state index >= 15 is 0 Å². The second kappa shape index (κ2) is 10.3. The molecule has 0 saturated carbocycles. The molecule has 0 aromatic heterocycles. The van der Waals surface area contributed by atoms with Crippen molar-refractivity contribution in [1.82, 2.24) is 0 Å². The molecular formula is C26H21F6N3O3. The molecule has 2 aromatic rings. The average Bonchev–Trinajstić information content (AvgIpc) is 2.87. The first-order chi connectivity index (χ1) is 17.7. The van der Waals surface area contributed by atoms with E-state index < -0.39 is 35.9 Å². The number of carboxylic acids is 1. The zero-order valence-electron chi connectivity index (χ0n) is 19.8. The molecule has 0 fully saturated rings. The largest absolute Gasteiger partial charge is 0.490 e.